The number of nitro groups is 2. The maximum atomic E-state index is 13.3. The Balaban J connectivity index is 1.94. The summed E-state index contributed by atoms with van der Waals surface area (Å²) in [5.41, 5.74) is 1.35. The quantitative estimate of drug-likeness (QED) is 0.0345. The van der Waals surface area contributed by atoms with Gasteiger partial charge in [-0.1, -0.05) is 142 Å². The fourth-order valence-corrected chi connectivity index (χ4v) is 6.46. The van der Waals surface area contributed by atoms with E-state index in [1.165, 1.54) is 127 Å². The number of non-ortho nitro benzene ring substituents is 2. The maximum absolute atomic E-state index is 13.3. The van der Waals surface area contributed by atoms with Gasteiger partial charge in [-0.15, -0.1) is 0 Å². The van der Waals surface area contributed by atoms with Gasteiger partial charge in [-0.25, -0.2) is 4.79 Å². The molecular formula is C41H64N2O7. The summed E-state index contributed by atoms with van der Waals surface area (Å²) in [6.45, 7) is 4.47. The second kappa shape index (κ2) is 27.3. The van der Waals surface area contributed by atoms with Gasteiger partial charge in [0.05, 0.1) is 9.85 Å². The van der Waals surface area contributed by atoms with Crippen molar-refractivity contribution in [1.82, 2.24) is 0 Å². The van der Waals surface area contributed by atoms with Crippen molar-refractivity contribution in [2.45, 2.75) is 180 Å². The summed E-state index contributed by atoms with van der Waals surface area (Å²) in [4.78, 5) is 34.9. The van der Waals surface area contributed by atoms with Crippen LogP contribution in [0.4, 0.5) is 16.2 Å². The molecule has 0 fully saturated rings. The molecule has 50 heavy (non-hydrogen) atoms. The van der Waals surface area contributed by atoms with Crippen LogP contribution < -0.4 is 0 Å². The van der Waals surface area contributed by atoms with Crippen molar-refractivity contribution in [2.24, 2.45) is 0 Å². The van der Waals surface area contributed by atoms with Crippen LogP contribution in [0.2, 0.25) is 0 Å². The van der Waals surface area contributed by atoms with Gasteiger partial charge in [-0.3, -0.25) is 20.2 Å². The number of benzene rings is 2. The highest BCUT2D eigenvalue weighted by Crippen LogP contribution is 2.31. The van der Waals surface area contributed by atoms with E-state index in [1.807, 2.05) is 0 Å². The van der Waals surface area contributed by atoms with Crippen molar-refractivity contribution >= 4 is 17.5 Å². The molecule has 0 amide bonds. The zero-order chi connectivity index (χ0) is 36.2. The third-order valence-electron chi connectivity index (χ3n) is 9.57. The number of carbonyl (C=O) groups excluding carboxylic acids is 1. The molecular weight excluding hydrogens is 632 g/mol. The molecule has 0 aliphatic rings. The van der Waals surface area contributed by atoms with Gasteiger partial charge in [0.2, 0.25) is 0 Å². The minimum Gasteiger partial charge on any atom is -0.426 e. The lowest BCUT2D eigenvalue weighted by molar-refractivity contribution is -0.385. The van der Waals surface area contributed by atoms with Crippen LogP contribution in [0.1, 0.15) is 191 Å². The van der Waals surface area contributed by atoms with Gasteiger partial charge in [-0.2, -0.15) is 0 Å². The number of ether oxygens (including phenoxy) is 2. The molecule has 2 atom stereocenters. The molecule has 280 valence electrons. The highest BCUT2D eigenvalue weighted by atomic mass is 16.7. The monoisotopic (exact) mass is 696 g/mol. The zero-order valence-corrected chi connectivity index (χ0v) is 31.0. The van der Waals surface area contributed by atoms with Gasteiger partial charge < -0.3 is 9.47 Å². The number of nitro benzene ring substituents is 2. The van der Waals surface area contributed by atoms with E-state index in [0.29, 0.717) is 24.0 Å². The van der Waals surface area contributed by atoms with Gasteiger partial charge in [0, 0.05) is 24.3 Å². The molecule has 0 aromatic heterocycles. The van der Waals surface area contributed by atoms with E-state index in [-0.39, 0.29) is 11.4 Å². The van der Waals surface area contributed by atoms with Crippen LogP contribution in [-0.4, -0.2) is 16.0 Å². The Kier molecular flexibility index (Phi) is 23.3. The lowest BCUT2D eigenvalue weighted by Crippen LogP contribution is -2.17. The fraction of sp³-hybridized carbons (Fsp3) is 0.683. The average molecular weight is 697 g/mol. The molecule has 0 saturated heterocycles. The van der Waals surface area contributed by atoms with Crippen molar-refractivity contribution < 1.29 is 24.1 Å². The summed E-state index contributed by atoms with van der Waals surface area (Å²) in [6, 6.07) is 12.3. The smallest absolute Gasteiger partial charge is 0.426 e. The van der Waals surface area contributed by atoms with E-state index < -0.39 is 28.2 Å². The van der Waals surface area contributed by atoms with Crippen molar-refractivity contribution in [3.05, 3.63) is 79.9 Å². The van der Waals surface area contributed by atoms with Crippen LogP contribution in [0.5, 0.6) is 0 Å². The van der Waals surface area contributed by atoms with Crippen molar-refractivity contribution in [2.75, 3.05) is 0 Å². The second-order valence-electron chi connectivity index (χ2n) is 13.8. The summed E-state index contributed by atoms with van der Waals surface area (Å²) < 4.78 is 11.8. The molecule has 0 heterocycles. The van der Waals surface area contributed by atoms with E-state index in [0.717, 1.165) is 38.5 Å². The molecule has 2 rings (SSSR count). The molecule has 0 radical (unpaired) electrons. The Morgan fingerprint density at radius 2 is 0.740 bits per heavy atom. The van der Waals surface area contributed by atoms with Crippen LogP contribution in [0, 0.1) is 20.2 Å². The lowest BCUT2D eigenvalue weighted by atomic mass is 10.0. The average Bonchev–Trinajstić information content (AvgIpc) is 3.12. The lowest BCUT2D eigenvalue weighted by Gasteiger charge is -2.22. The van der Waals surface area contributed by atoms with E-state index in [9.17, 15) is 25.0 Å². The molecule has 0 spiro atoms. The molecule has 2 unspecified atom stereocenters. The Hall–Kier alpha value is -3.49. The zero-order valence-electron chi connectivity index (χ0n) is 31.0. The van der Waals surface area contributed by atoms with Crippen LogP contribution in [-0.2, 0) is 9.47 Å². The van der Waals surface area contributed by atoms with E-state index >= 15 is 0 Å². The van der Waals surface area contributed by atoms with Gasteiger partial charge in [0.15, 0.2) is 0 Å². The van der Waals surface area contributed by atoms with Crippen LogP contribution >= 0.6 is 0 Å². The summed E-state index contributed by atoms with van der Waals surface area (Å²) >= 11 is 0. The normalized spacial score (nSPS) is 12.4. The number of hydrogen-bond acceptors (Lipinski definition) is 7. The molecule has 0 N–H and O–H groups in total. The molecule has 0 aliphatic carbocycles. The van der Waals surface area contributed by atoms with Crippen LogP contribution in [0.15, 0.2) is 48.5 Å². The topological polar surface area (TPSA) is 122 Å². The molecule has 0 saturated carbocycles. The van der Waals surface area contributed by atoms with Gasteiger partial charge in [0.1, 0.15) is 12.2 Å². The van der Waals surface area contributed by atoms with Gasteiger partial charge in [-0.05, 0) is 61.1 Å². The minimum absolute atomic E-state index is 0.0185. The van der Waals surface area contributed by atoms with E-state index in [2.05, 4.69) is 13.8 Å². The van der Waals surface area contributed by atoms with E-state index in [4.69, 9.17) is 9.47 Å². The van der Waals surface area contributed by atoms with Crippen molar-refractivity contribution in [3.8, 4) is 0 Å². The first-order chi connectivity index (χ1) is 24.3. The van der Waals surface area contributed by atoms with Crippen LogP contribution in [0.3, 0.4) is 0 Å². The Bertz CT molecular complexity index is 1090. The molecule has 2 aromatic rings. The Morgan fingerprint density at radius 1 is 0.480 bits per heavy atom. The molecule has 2 aromatic carbocycles. The number of rotatable bonds is 30. The van der Waals surface area contributed by atoms with Crippen molar-refractivity contribution in [1.29, 1.82) is 0 Å². The van der Waals surface area contributed by atoms with Crippen molar-refractivity contribution in [3.63, 3.8) is 0 Å². The van der Waals surface area contributed by atoms with Gasteiger partial charge >= 0.3 is 6.16 Å². The number of nitrogens with zero attached hydrogens (tertiary/aromatic N) is 2. The number of carbonyl (C=O) groups is 1. The third kappa shape index (κ3) is 19.0. The largest absolute Gasteiger partial charge is 0.509 e. The van der Waals surface area contributed by atoms with E-state index in [1.54, 1.807) is 24.3 Å². The third-order valence-corrected chi connectivity index (χ3v) is 9.57. The highest BCUT2D eigenvalue weighted by molar-refractivity contribution is 5.61. The number of hydrogen-bond donors (Lipinski definition) is 0. The van der Waals surface area contributed by atoms with Gasteiger partial charge in [0.25, 0.3) is 11.4 Å². The second-order valence-corrected chi connectivity index (χ2v) is 13.8. The SMILES string of the molecule is CCCCCCCCCCCCCC(OC(=O)OC(CCCCCCCCCCCCC)c1ccc([N+](=O)[O-])cc1)c1ccc([N+](=O)[O-])cc1. The predicted molar refractivity (Wildman–Crippen MR) is 201 cm³/mol. The van der Waals surface area contributed by atoms with Crippen LogP contribution in [0.25, 0.3) is 0 Å². The highest BCUT2D eigenvalue weighted by Gasteiger charge is 2.23. The Morgan fingerprint density at radius 3 is 1.00 bits per heavy atom. The molecule has 9 nitrogen and oxygen atoms in total. The first-order valence-electron chi connectivity index (χ1n) is 19.7. The molecule has 0 aliphatic heterocycles. The summed E-state index contributed by atoms with van der Waals surface area (Å²) in [6.07, 6.45) is 25.7. The predicted octanol–water partition coefficient (Wildman–Crippen LogP) is 13.8. The first-order valence-corrected chi connectivity index (χ1v) is 19.7. The first kappa shape index (κ1) is 42.7. The summed E-state index contributed by atoms with van der Waals surface area (Å²) in [5, 5.41) is 22.5. The molecule has 9 heteroatoms. The summed E-state index contributed by atoms with van der Waals surface area (Å²) in [5.74, 6) is 0. The number of unbranched alkanes of at least 4 members (excludes halogenated alkanes) is 20. The summed E-state index contributed by atoms with van der Waals surface area (Å²) in [7, 11) is 0. The minimum atomic E-state index is -0.803. The fourth-order valence-electron chi connectivity index (χ4n) is 6.46. The standard InChI is InChI=1S/C41H64N2O7/c1-3-5-7-9-11-13-15-17-19-21-23-25-39(35-27-31-37(32-28-35)42(45)46)49-41(44)50-40(36-29-33-38(34-30-36)43(47)48)26-24-22-20-18-16-14-12-10-8-6-4-2/h27-34,39-40H,3-26H2,1-2H3. The molecule has 0 bridgehead atoms. The maximum Gasteiger partial charge on any atom is 0.509 e. The Labute approximate surface area is 301 Å².